The van der Waals surface area contributed by atoms with Gasteiger partial charge in [0.25, 0.3) is 0 Å². The van der Waals surface area contributed by atoms with Crippen molar-refractivity contribution in [1.29, 1.82) is 0 Å². The minimum absolute atomic E-state index is 0.165. The number of halogens is 1. The monoisotopic (exact) mass is 371 g/mol. The number of carbonyl (C=O) groups is 1. The highest BCUT2D eigenvalue weighted by atomic mass is 127. The third-order valence-corrected chi connectivity index (χ3v) is 3.19. The molecule has 0 aliphatic heterocycles. The molecule has 0 bridgehead atoms. The third-order valence-electron chi connectivity index (χ3n) is 2.30. The van der Waals surface area contributed by atoms with Crippen LogP contribution in [0.15, 0.2) is 36.4 Å². The van der Waals surface area contributed by atoms with Gasteiger partial charge in [0.15, 0.2) is 0 Å². The lowest BCUT2D eigenvalue weighted by molar-refractivity contribution is 0.0696. The number of hydrogen-bond acceptors (Lipinski definition) is 4. The number of benzene rings is 1. The molecule has 1 heterocycles. The number of rotatable bonds is 4. The van der Waals surface area contributed by atoms with Crippen LogP contribution < -0.4 is 9.47 Å². The average Bonchev–Trinajstić information content (AvgIpc) is 2.41. The lowest BCUT2D eigenvalue weighted by atomic mass is 10.2. The van der Waals surface area contributed by atoms with E-state index in [4.69, 9.17) is 14.6 Å². The highest BCUT2D eigenvalue weighted by Gasteiger charge is 2.09. The van der Waals surface area contributed by atoms with Crippen molar-refractivity contribution in [3.63, 3.8) is 0 Å². The van der Waals surface area contributed by atoms with E-state index in [2.05, 4.69) is 27.6 Å². The summed E-state index contributed by atoms with van der Waals surface area (Å²) in [6.07, 6.45) is 0. The standard InChI is InChI=1S/C13H10INO4/c1-18-11-3-2-4-12(15-11)19-10-7-8(13(16)17)5-6-9(10)14/h2-7H,1H3,(H,16,17). The minimum Gasteiger partial charge on any atom is -0.481 e. The van der Waals surface area contributed by atoms with E-state index in [9.17, 15) is 4.79 Å². The Morgan fingerprint density at radius 2 is 2.00 bits per heavy atom. The Morgan fingerprint density at radius 1 is 1.26 bits per heavy atom. The lowest BCUT2D eigenvalue weighted by Crippen LogP contribution is -1.98. The van der Waals surface area contributed by atoms with Crippen LogP contribution in [0, 0.1) is 3.57 Å². The van der Waals surface area contributed by atoms with E-state index in [1.165, 1.54) is 19.2 Å². The van der Waals surface area contributed by atoms with Gasteiger partial charge in [-0.25, -0.2) is 4.79 Å². The molecule has 2 rings (SSSR count). The molecule has 1 N–H and O–H groups in total. The fraction of sp³-hybridized carbons (Fsp3) is 0.0769. The van der Waals surface area contributed by atoms with Gasteiger partial charge >= 0.3 is 5.97 Å². The van der Waals surface area contributed by atoms with Crippen LogP contribution in [0.25, 0.3) is 0 Å². The molecular weight excluding hydrogens is 361 g/mol. The van der Waals surface area contributed by atoms with Gasteiger partial charge < -0.3 is 14.6 Å². The molecule has 5 nitrogen and oxygen atoms in total. The molecule has 0 aliphatic rings. The molecule has 19 heavy (non-hydrogen) atoms. The number of aromatic nitrogens is 1. The van der Waals surface area contributed by atoms with Crippen molar-refractivity contribution in [2.24, 2.45) is 0 Å². The Labute approximate surface area is 123 Å². The van der Waals surface area contributed by atoms with E-state index in [-0.39, 0.29) is 5.56 Å². The predicted molar refractivity (Wildman–Crippen MR) is 77.0 cm³/mol. The van der Waals surface area contributed by atoms with Crippen molar-refractivity contribution in [2.45, 2.75) is 0 Å². The fourth-order valence-electron chi connectivity index (χ4n) is 1.39. The van der Waals surface area contributed by atoms with E-state index in [1.54, 1.807) is 24.3 Å². The summed E-state index contributed by atoms with van der Waals surface area (Å²) in [7, 11) is 1.51. The molecule has 0 radical (unpaired) electrons. The zero-order valence-corrected chi connectivity index (χ0v) is 12.1. The van der Waals surface area contributed by atoms with Gasteiger partial charge in [0.05, 0.1) is 16.2 Å². The molecule has 1 aromatic heterocycles. The largest absolute Gasteiger partial charge is 0.481 e. The first-order valence-electron chi connectivity index (χ1n) is 5.32. The number of ether oxygens (including phenoxy) is 2. The van der Waals surface area contributed by atoms with Gasteiger partial charge in [0.2, 0.25) is 11.8 Å². The zero-order valence-electron chi connectivity index (χ0n) is 9.96. The summed E-state index contributed by atoms with van der Waals surface area (Å²) >= 11 is 2.07. The number of carboxylic acids is 1. The minimum atomic E-state index is -1.00. The first-order chi connectivity index (χ1) is 9.10. The summed E-state index contributed by atoms with van der Waals surface area (Å²) in [5.74, 6) is 0.225. The molecule has 1 aromatic carbocycles. The van der Waals surface area contributed by atoms with Gasteiger partial charge in [-0.05, 0) is 40.8 Å². The van der Waals surface area contributed by atoms with Gasteiger partial charge in [0.1, 0.15) is 5.75 Å². The summed E-state index contributed by atoms with van der Waals surface area (Å²) in [6, 6.07) is 9.79. The van der Waals surface area contributed by atoms with E-state index >= 15 is 0 Å². The SMILES string of the molecule is COc1cccc(Oc2cc(C(=O)O)ccc2I)n1. The summed E-state index contributed by atoms with van der Waals surface area (Å²) in [6.45, 7) is 0. The van der Waals surface area contributed by atoms with Crippen molar-refractivity contribution in [3.05, 3.63) is 45.5 Å². The van der Waals surface area contributed by atoms with Gasteiger partial charge in [0, 0.05) is 12.1 Å². The van der Waals surface area contributed by atoms with Gasteiger partial charge in [-0.3, -0.25) is 0 Å². The fourth-order valence-corrected chi connectivity index (χ4v) is 1.84. The van der Waals surface area contributed by atoms with E-state index in [1.807, 2.05) is 0 Å². The van der Waals surface area contributed by atoms with Gasteiger partial charge in [-0.15, -0.1) is 0 Å². The van der Waals surface area contributed by atoms with Crippen LogP contribution in [0.2, 0.25) is 0 Å². The van der Waals surface area contributed by atoms with Crippen molar-refractivity contribution in [3.8, 4) is 17.5 Å². The quantitative estimate of drug-likeness (QED) is 0.837. The molecule has 0 saturated carbocycles. The number of carboxylic acid groups (broad SMARTS) is 1. The Balaban J connectivity index is 2.31. The number of nitrogens with zero attached hydrogens (tertiary/aromatic N) is 1. The van der Waals surface area contributed by atoms with Crippen LogP contribution in [0.1, 0.15) is 10.4 Å². The van der Waals surface area contributed by atoms with Crippen LogP contribution in [-0.2, 0) is 0 Å². The first-order valence-corrected chi connectivity index (χ1v) is 6.40. The first kappa shape index (κ1) is 13.6. The van der Waals surface area contributed by atoms with Gasteiger partial charge in [-0.1, -0.05) is 6.07 Å². The highest BCUT2D eigenvalue weighted by molar-refractivity contribution is 14.1. The maximum absolute atomic E-state index is 10.9. The van der Waals surface area contributed by atoms with Crippen LogP contribution in [0.4, 0.5) is 0 Å². The summed E-state index contributed by atoms with van der Waals surface area (Å²) in [4.78, 5) is 15.0. The van der Waals surface area contributed by atoms with Crippen molar-refractivity contribution < 1.29 is 19.4 Å². The second kappa shape index (κ2) is 5.87. The molecule has 0 fully saturated rings. The van der Waals surface area contributed by atoms with Gasteiger partial charge in [-0.2, -0.15) is 4.98 Å². The Kier molecular flexibility index (Phi) is 4.20. The predicted octanol–water partition coefficient (Wildman–Crippen LogP) is 3.19. The smallest absolute Gasteiger partial charge is 0.335 e. The maximum atomic E-state index is 10.9. The summed E-state index contributed by atoms with van der Waals surface area (Å²) in [5, 5.41) is 8.95. The molecule has 0 aliphatic carbocycles. The molecule has 0 amide bonds. The molecule has 0 spiro atoms. The Bertz CT molecular complexity index is 615. The van der Waals surface area contributed by atoms with E-state index in [0.29, 0.717) is 17.5 Å². The van der Waals surface area contributed by atoms with E-state index < -0.39 is 5.97 Å². The molecule has 2 aromatic rings. The lowest BCUT2D eigenvalue weighted by Gasteiger charge is -2.08. The Morgan fingerprint density at radius 3 is 2.68 bits per heavy atom. The van der Waals surface area contributed by atoms with Crippen LogP contribution in [0.5, 0.6) is 17.5 Å². The summed E-state index contributed by atoms with van der Waals surface area (Å²) < 4.78 is 11.4. The third kappa shape index (κ3) is 3.34. The number of hydrogen-bond donors (Lipinski definition) is 1. The number of aromatic carboxylic acids is 1. The molecule has 6 heteroatoms. The molecule has 98 valence electrons. The summed E-state index contributed by atoms with van der Waals surface area (Å²) in [5.41, 5.74) is 0.165. The molecule has 0 saturated heterocycles. The van der Waals surface area contributed by atoms with Crippen LogP contribution >= 0.6 is 22.6 Å². The molecular formula is C13H10INO4. The maximum Gasteiger partial charge on any atom is 0.335 e. The van der Waals surface area contributed by atoms with Crippen molar-refractivity contribution in [1.82, 2.24) is 4.98 Å². The molecule has 0 unspecified atom stereocenters. The van der Waals surface area contributed by atoms with Crippen LogP contribution in [0.3, 0.4) is 0 Å². The normalized spacial score (nSPS) is 10.0. The van der Waals surface area contributed by atoms with Crippen LogP contribution in [-0.4, -0.2) is 23.2 Å². The van der Waals surface area contributed by atoms with Crippen molar-refractivity contribution >= 4 is 28.6 Å². The Hall–Kier alpha value is -1.83. The number of methoxy groups -OCH3 is 1. The average molecular weight is 371 g/mol. The second-order valence-corrected chi connectivity index (χ2v) is 4.73. The second-order valence-electron chi connectivity index (χ2n) is 3.57. The van der Waals surface area contributed by atoms with Crippen molar-refractivity contribution in [2.75, 3.05) is 7.11 Å². The molecule has 0 atom stereocenters. The topological polar surface area (TPSA) is 68.7 Å². The number of pyridine rings is 1. The van der Waals surface area contributed by atoms with E-state index in [0.717, 1.165) is 3.57 Å². The zero-order chi connectivity index (χ0) is 13.8. The highest BCUT2D eigenvalue weighted by Crippen LogP contribution is 2.27.